The molecule has 0 radical (unpaired) electrons. The molecule has 114 valence electrons. The highest BCUT2D eigenvalue weighted by Gasteiger charge is 2.26. The molecule has 6 nitrogen and oxygen atoms in total. The summed E-state index contributed by atoms with van der Waals surface area (Å²) in [6.45, 7) is 2.84. The van der Waals surface area contributed by atoms with Crippen molar-refractivity contribution >= 4 is 10.0 Å². The summed E-state index contributed by atoms with van der Waals surface area (Å²) < 4.78 is 26.3. The number of benzene rings is 1. The number of aliphatic hydroxyl groups excluding tert-OH is 1. The summed E-state index contributed by atoms with van der Waals surface area (Å²) in [4.78, 5) is 2.04. The lowest BCUT2D eigenvalue weighted by Gasteiger charge is -2.33. The molecule has 0 saturated carbocycles. The third kappa shape index (κ3) is 4.25. The first-order chi connectivity index (χ1) is 10.0. The van der Waals surface area contributed by atoms with Crippen LogP contribution in [-0.4, -0.2) is 62.1 Å². The molecule has 7 heteroatoms. The van der Waals surface area contributed by atoms with Crippen LogP contribution in [0, 0.1) is 11.3 Å². The van der Waals surface area contributed by atoms with Gasteiger partial charge in [0.25, 0.3) is 0 Å². The Morgan fingerprint density at radius 3 is 2.57 bits per heavy atom. The minimum Gasteiger partial charge on any atom is -0.395 e. The molecule has 0 atom stereocenters. The van der Waals surface area contributed by atoms with Gasteiger partial charge in [0, 0.05) is 32.7 Å². The molecule has 0 aromatic heterocycles. The van der Waals surface area contributed by atoms with Crippen molar-refractivity contribution in [2.75, 3.05) is 39.3 Å². The van der Waals surface area contributed by atoms with Crippen LogP contribution in [0.5, 0.6) is 0 Å². The Morgan fingerprint density at radius 2 is 1.95 bits per heavy atom. The summed E-state index contributed by atoms with van der Waals surface area (Å²) in [5.41, 5.74) is 1.10. The zero-order valence-electron chi connectivity index (χ0n) is 11.8. The molecule has 1 aromatic rings. The van der Waals surface area contributed by atoms with Gasteiger partial charge in [-0.15, -0.1) is 0 Å². The molecule has 2 rings (SSSR count). The van der Waals surface area contributed by atoms with Gasteiger partial charge in [-0.1, -0.05) is 12.1 Å². The Hall–Kier alpha value is -1.46. The quantitative estimate of drug-likeness (QED) is 0.827. The summed E-state index contributed by atoms with van der Waals surface area (Å²) in [5.74, 6) is -0.0808. The second-order valence-electron chi connectivity index (χ2n) is 5.03. The van der Waals surface area contributed by atoms with Crippen LogP contribution < -0.4 is 0 Å². The zero-order valence-corrected chi connectivity index (χ0v) is 12.6. The summed E-state index contributed by atoms with van der Waals surface area (Å²) in [6.07, 6.45) is 0. The molecular weight excluding hydrogens is 290 g/mol. The van der Waals surface area contributed by atoms with Crippen LogP contribution in [0.2, 0.25) is 0 Å². The van der Waals surface area contributed by atoms with E-state index in [1.54, 1.807) is 24.3 Å². The van der Waals surface area contributed by atoms with Gasteiger partial charge in [-0.3, -0.25) is 4.90 Å². The second kappa shape index (κ2) is 7.00. The fraction of sp³-hybridized carbons (Fsp3) is 0.500. The normalized spacial score (nSPS) is 17.5. The van der Waals surface area contributed by atoms with E-state index in [0.717, 1.165) is 0 Å². The second-order valence-corrected chi connectivity index (χ2v) is 7.00. The van der Waals surface area contributed by atoms with Crippen molar-refractivity contribution in [2.45, 2.75) is 5.75 Å². The molecular formula is C14H19N3O3S. The molecule has 1 N–H and O–H groups in total. The first-order valence-electron chi connectivity index (χ1n) is 6.85. The molecule has 0 aliphatic carbocycles. The minimum absolute atomic E-state index is 0.0808. The molecule has 1 aliphatic rings. The highest BCUT2D eigenvalue weighted by molar-refractivity contribution is 7.88. The first-order valence-corrected chi connectivity index (χ1v) is 8.46. The molecule has 1 fully saturated rings. The zero-order chi connectivity index (χ0) is 15.3. The van der Waals surface area contributed by atoms with Crippen molar-refractivity contribution in [2.24, 2.45) is 0 Å². The Balaban J connectivity index is 2.01. The first kappa shape index (κ1) is 15.9. The van der Waals surface area contributed by atoms with Crippen molar-refractivity contribution in [1.29, 1.82) is 5.26 Å². The van der Waals surface area contributed by atoms with Crippen LogP contribution in [0.4, 0.5) is 0 Å². The maximum Gasteiger partial charge on any atom is 0.218 e. The summed E-state index contributed by atoms with van der Waals surface area (Å²) in [5, 5.41) is 17.7. The minimum atomic E-state index is -3.36. The van der Waals surface area contributed by atoms with Crippen LogP contribution in [0.15, 0.2) is 24.3 Å². The van der Waals surface area contributed by atoms with E-state index in [1.807, 2.05) is 11.0 Å². The van der Waals surface area contributed by atoms with E-state index in [9.17, 15) is 8.42 Å². The number of β-amino-alcohol motifs (C(OH)–C–C–N with tert-alkyl or cyclic N) is 1. The Bertz CT molecular complexity index is 617. The Morgan fingerprint density at radius 1 is 1.24 bits per heavy atom. The fourth-order valence-electron chi connectivity index (χ4n) is 2.41. The lowest BCUT2D eigenvalue weighted by atomic mass is 10.2. The number of piperazine rings is 1. The van der Waals surface area contributed by atoms with E-state index in [0.29, 0.717) is 43.9 Å². The molecule has 0 unspecified atom stereocenters. The largest absolute Gasteiger partial charge is 0.395 e. The third-order valence-electron chi connectivity index (χ3n) is 3.55. The summed E-state index contributed by atoms with van der Waals surface area (Å²) >= 11 is 0. The van der Waals surface area contributed by atoms with E-state index in [4.69, 9.17) is 10.4 Å². The van der Waals surface area contributed by atoms with Crippen molar-refractivity contribution in [3.8, 4) is 6.07 Å². The van der Waals surface area contributed by atoms with Gasteiger partial charge in [0.1, 0.15) is 0 Å². The molecule has 1 aliphatic heterocycles. The molecule has 0 bridgehead atoms. The number of sulfonamides is 1. The van der Waals surface area contributed by atoms with Crippen molar-refractivity contribution in [1.82, 2.24) is 9.21 Å². The molecule has 1 saturated heterocycles. The monoisotopic (exact) mass is 309 g/mol. The van der Waals surface area contributed by atoms with Crippen molar-refractivity contribution in [3.05, 3.63) is 35.4 Å². The number of nitrogens with zero attached hydrogens (tertiary/aromatic N) is 3. The average Bonchev–Trinajstić information content (AvgIpc) is 2.48. The maximum atomic E-state index is 12.4. The van der Waals surface area contributed by atoms with Crippen molar-refractivity contribution < 1.29 is 13.5 Å². The fourth-order valence-corrected chi connectivity index (χ4v) is 3.91. The van der Waals surface area contributed by atoms with Crippen LogP contribution in [0.25, 0.3) is 0 Å². The molecule has 0 amide bonds. The molecule has 1 aromatic carbocycles. The van der Waals surface area contributed by atoms with E-state index >= 15 is 0 Å². The standard InChI is InChI=1S/C14H19N3O3S/c15-11-13-2-1-3-14(10-13)12-21(19,20)17-6-4-16(5-7-17)8-9-18/h1-3,10,18H,4-9,12H2. The van der Waals surface area contributed by atoms with E-state index in [-0.39, 0.29) is 12.4 Å². The lowest BCUT2D eigenvalue weighted by Crippen LogP contribution is -2.49. The smallest absolute Gasteiger partial charge is 0.218 e. The predicted molar refractivity (Wildman–Crippen MR) is 78.9 cm³/mol. The Labute approximate surface area is 125 Å². The van der Waals surface area contributed by atoms with E-state index < -0.39 is 10.0 Å². The number of nitriles is 1. The number of aliphatic hydroxyl groups is 1. The summed E-state index contributed by atoms with van der Waals surface area (Å²) in [7, 11) is -3.36. The molecule has 0 spiro atoms. The summed E-state index contributed by atoms with van der Waals surface area (Å²) in [6, 6.07) is 8.70. The number of rotatable bonds is 5. The molecule has 21 heavy (non-hydrogen) atoms. The van der Waals surface area contributed by atoms with Crippen LogP contribution in [-0.2, 0) is 15.8 Å². The topological polar surface area (TPSA) is 84.6 Å². The van der Waals surface area contributed by atoms with Crippen LogP contribution in [0.1, 0.15) is 11.1 Å². The Kier molecular flexibility index (Phi) is 5.31. The van der Waals surface area contributed by atoms with Gasteiger partial charge in [0.2, 0.25) is 10.0 Å². The van der Waals surface area contributed by atoms with Gasteiger partial charge in [0.05, 0.1) is 24.0 Å². The molecule has 1 heterocycles. The predicted octanol–water partition coefficient (Wildman–Crippen LogP) is -0.00202. The number of hydrogen-bond acceptors (Lipinski definition) is 5. The van der Waals surface area contributed by atoms with Crippen LogP contribution in [0.3, 0.4) is 0 Å². The van der Waals surface area contributed by atoms with Crippen molar-refractivity contribution in [3.63, 3.8) is 0 Å². The maximum absolute atomic E-state index is 12.4. The SMILES string of the molecule is N#Cc1cccc(CS(=O)(=O)N2CCN(CCO)CC2)c1. The van der Waals surface area contributed by atoms with Gasteiger partial charge >= 0.3 is 0 Å². The van der Waals surface area contributed by atoms with Gasteiger partial charge < -0.3 is 5.11 Å². The highest BCUT2D eigenvalue weighted by Crippen LogP contribution is 2.14. The van der Waals surface area contributed by atoms with Gasteiger partial charge in [-0.25, -0.2) is 8.42 Å². The highest BCUT2D eigenvalue weighted by atomic mass is 32.2. The average molecular weight is 309 g/mol. The van der Waals surface area contributed by atoms with E-state index in [1.165, 1.54) is 4.31 Å². The van der Waals surface area contributed by atoms with Crippen LogP contribution >= 0.6 is 0 Å². The van der Waals surface area contributed by atoms with Gasteiger partial charge in [0.15, 0.2) is 0 Å². The van der Waals surface area contributed by atoms with Gasteiger partial charge in [-0.05, 0) is 17.7 Å². The number of hydrogen-bond donors (Lipinski definition) is 1. The van der Waals surface area contributed by atoms with E-state index in [2.05, 4.69) is 0 Å². The van der Waals surface area contributed by atoms with Gasteiger partial charge in [-0.2, -0.15) is 9.57 Å². The lowest BCUT2D eigenvalue weighted by molar-refractivity contribution is 0.151. The third-order valence-corrected chi connectivity index (χ3v) is 5.40.